The molecule has 0 amide bonds. The van der Waals surface area contributed by atoms with Crippen LogP contribution in [-0.4, -0.2) is 60.5 Å². The van der Waals surface area contributed by atoms with E-state index < -0.39 is 34.2 Å². The summed E-state index contributed by atoms with van der Waals surface area (Å²) in [7, 11) is 0. The van der Waals surface area contributed by atoms with E-state index in [1.165, 1.54) is 24.3 Å². The number of rotatable bonds is 4. The highest BCUT2D eigenvalue weighted by Gasteiger charge is 2.33. The molecular formula is C16H12N12O4. The van der Waals surface area contributed by atoms with Crippen molar-refractivity contribution in [2.75, 3.05) is 11.5 Å². The van der Waals surface area contributed by atoms with Gasteiger partial charge in [0.15, 0.2) is 5.78 Å². The van der Waals surface area contributed by atoms with Crippen LogP contribution in [0.15, 0.2) is 33.9 Å². The second kappa shape index (κ2) is 6.69. The number of carbonyl (C=O) groups excluding carboxylic acids is 1. The number of fused-ring (bicyclic) bond motifs is 2. The third-order valence-electron chi connectivity index (χ3n) is 4.61. The van der Waals surface area contributed by atoms with E-state index in [0.717, 1.165) is 9.03 Å². The number of phenols is 1. The molecule has 16 heteroatoms. The molecule has 16 nitrogen and oxygen atoms in total. The molecule has 0 saturated heterocycles. The minimum atomic E-state index is -1.60. The van der Waals surface area contributed by atoms with E-state index in [-0.39, 0.29) is 34.8 Å². The minimum absolute atomic E-state index is 0.000826. The van der Waals surface area contributed by atoms with Crippen LogP contribution in [0.25, 0.3) is 11.6 Å². The zero-order valence-corrected chi connectivity index (χ0v) is 15.8. The lowest BCUT2D eigenvalue weighted by Crippen LogP contribution is -2.33. The number of hydrogen-bond donors (Lipinski definition) is 5. The normalized spacial score (nSPS) is 11.5. The number of Topliss-reactive ketones (excluding diaryl/α,β-unsaturated/α-hetero) is 1. The number of nitrogens with zero attached hydrogens (tertiary/aromatic N) is 8. The second-order valence-corrected chi connectivity index (χ2v) is 6.61. The summed E-state index contributed by atoms with van der Waals surface area (Å²) in [6.45, 7) is 0. The number of hydrogen-bond acceptors (Lipinski definition) is 12. The predicted octanol–water partition coefficient (Wildman–Crippen LogP) is -2.18. The lowest BCUT2D eigenvalue weighted by molar-refractivity contribution is 0.0969. The van der Waals surface area contributed by atoms with Gasteiger partial charge in [-0.2, -0.15) is 9.03 Å². The van der Waals surface area contributed by atoms with E-state index in [9.17, 15) is 19.5 Å². The first-order valence-electron chi connectivity index (χ1n) is 8.88. The summed E-state index contributed by atoms with van der Waals surface area (Å²) in [4.78, 5) is 47.3. The molecule has 0 unspecified atom stereocenters. The van der Waals surface area contributed by atoms with Crippen LogP contribution in [0.5, 0.6) is 5.75 Å². The Balaban J connectivity index is 1.80. The number of carbonyl (C=O) groups is 1. The Morgan fingerprint density at radius 2 is 1.44 bits per heavy atom. The number of ketones is 1. The molecule has 7 N–H and O–H groups in total. The Bertz CT molecular complexity index is 1550. The maximum Gasteiger partial charge on any atom is 0.286 e. The van der Waals surface area contributed by atoms with Gasteiger partial charge in [0.05, 0.1) is 0 Å². The molecule has 0 atom stereocenters. The zero-order valence-electron chi connectivity index (χ0n) is 15.8. The molecule has 0 radical (unpaired) electrons. The standard InChI is InChI=1S/C16H12N12O4/c17-13-21-23-15-19-8(11(31)25-27(13)15)7(10(30)5-2-1-3-6(29)4-5)9-12(32)26-28-14(18)22-24-16(28)20-9/h1-4,7,29H,(H2,17,21)(H2,18,22)(H,25,31)(H,26,32). The van der Waals surface area contributed by atoms with Gasteiger partial charge in [0.2, 0.25) is 11.9 Å². The molecular weight excluding hydrogens is 424 g/mol. The van der Waals surface area contributed by atoms with Crippen molar-refractivity contribution in [3.8, 4) is 5.75 Å². The van der Waals surface area contributed by atoms with Gasteiger partial charge in [-0.3, -0.25) is 24.6 Å². The fourth-order valence-electron chi connectivity index (χ4n) is 3.16. The van der Waals surface area contributed by atoms with Gasteiger partial charge in [-0.1, -0.05) is 12.1 Å². The highest BCUT2D eigenvalue weighted by atomic mass is 16.3. The number of nitrogens with two attached hydrogens (primary N) is 2. The van der Waals surface area contributed by atoms with E-state index in [2.05, 4.69) is 40.6 Å². The summed E-state index contributed by atoms with van der Waals surface area (Å²) in [5.41, 5.74) is 8.77. The van der Waals surface area contributed by atoms with Crippen LogP contribution < -0.4 is 22.6 Å². The van der Waals surface area contributed by atoms with Gasteiger partial charge in [0, 0.05) is 5.56 Å². The minimum Gasteiger partial charge on any atom is -0.508 e. The van der Waals surface area contributed by atoms with Crippen LogP contribution >= 0.6 is 0 Å². The van der Waals surface area contributed by atoms with Crippen molar-refractivity contribution >= 4 is 29.2 Å². The first-order valence-corrected chi connectivity index (χ1v) is 8.88. The van der Waals surface area contributed by atoms with Crippen molar-refractivity contribution in [2.45, 2.75) is 5.92 Å². The fourth-order valence-corrected chi connectivity index (χ4v) is 3.16. The lowest BCUT2D eigenvalue weighted by Gasteiger charge is -2.14. The van der Waals surface area contributed by atoms with Crippen molar-refractivity contribution in [3.63, 3.8) is 0 Å². The summed E-state index contributed by atoms with van der Waals surface area (Å²) in [6, 6.07) is 5.37. The molecule has 0 bridgehead atoms. The van der Waals surface area contributed by atoms with Crippen LogP contribution in [0.1, 0.15) is 27.7 Å². The second-order valence-electron chi connectivity index (χ2n) is 6.61. The van der Waals surface area contributed by atoms with Gasteiger partial charge in [0.25, 0.3) is 22.7 Å². The summed E-state index contributed by atoms with van der Waals surface area (Å²) in [5.74, 6) is -3.04. The van der Waals surface area contributed by atoms with Crippen molar-refractivity contribution in [1.29, 1.82) is 0 Å². The number of anilines is 2. The van der Waals surface area contributed by atoms with Crippen LogP contribution in [0, 0.1) is 0 Å². The van der Waals surface area contributed by atoms with Crippen molar-refractivity contribution in [3.05, 3.63) is 61.9 Å². The summed E-state index contributed by atoms with van der Waals surface area (Å²) >= 11 is 0. The average Bonchev–Trinajstić information content (AvgIpc) is 3.30. The molecule has 1 aromatic carbocycles. The van der Waals surface area contributed by atoms with Crippen LogP contribution in [0.2, 0.25) is 0 Å². The topological polar surface area (TPSA) is 241 Å². The largest absolute Gasteiger partial charge is 0.508 e. The van der Waals surface area contributed by atoms with Gasteiger partial charge in [-0.15, -0.1) is 20.4 Å². The first-order chi connectivity index (χ1) is 15.3. The quantitative estimate of drug-likeness (QED) is 0.189. The molecule has 0 aliphatic heterocycles. The highest BCUT2D eigenvalue weighted by Crippen LogP contribution is 2.24. The third kappa shape index (κ3) is 2.82. The van der Waals surface area contributed by atoms with Gasteiger partial charge < -0.3 is 16.6 Å². The Morgan fingerprint density at radius 1 is 0.906 bits per heavy atom. The molecule has 0 aliphatic carbocycles. The molecule has 5 aromatic rings. The molecule has 0 spiro atoms. The molecule has 0 fully saturated rings. The number of benzene rings is 1. The molecule has 4 aromatic heterocycles. The summed E-state index contributed by atoms with van der Waals surface area (Å²) in [5, 5.41) is 29.2. The van der Waals surface area contributed by atoms with E-state index in [1.807, 2.05) is 0 Å². The van der Waals surface area contributed by atoms with Gasteiger partial charge in [0.1, 0.15) is 23.1 Å². The molecule has 0 aliphatic rings. The monoisotopic (exact) mass is 436 g/mol. The Morgan fingerprint density at radius 3 is 1.94 bits per heavy atom. The Hall–Kier alpha value is -5.15. The maximum absolute atomic E-state index is 13.5. The Labute approximate surface area is 174 Å². The maximum atomic E-state index is 13.5. The number of H-pyrrole nitrogens is 2. The van der Waals surface area contributed by atoms with Crippen molar-refractivity contribution < 1.29 is 9.90 Å². The zero-order chi connectivity index (χ0) is 22.6. The van der Waals surface area contributed by atoms with Crippen LogP contribution in [0.4, 0.5) is 11.9 Å². The van der Waals surface area contributed by atoms with Crippen molar-refractivity contribution in [1.82, 2.24) is 49.6 Å². The summed E-state index contributed by atoms with van der Waals surface area (Å²) < 4.78 is 2.03. The molecule has 4 heterocycles. The van der Waals surface area contributed by atoms with Gasteiger partial charge >= 0.3 is 0 Å². The fraction of sp³-hybridized carbons (Fsp3) is 0.0625. The van der Waals surface area contributed by atoms with Gasteiger partial charge in [-0.25, -0.2) is 9.97 Å². The molecule has 32 heavy (non-hydrogen) atoms. The SMILES string of the molecule is Nc1nnc2nc(C(C(=O)c3cccc(O)c3)c3nc4nnc(N)n4[nH]c3=O)c(=O)[nH]n12. The van der Waals surface area contributed by atoms with E-state index in [1.54, 1.807) is 0 Å². The number of phenolic OH excluding ortho intramolecular Hbond substituents is 1. The smallest absolute Gasteiger partial charge is 0.286 e. The predicted molar refractivity (Wildman–Crippen MR) is 106 cm³/mol. The lowest BCUT2D eigenvalue weighted by atomic mass is 9.91. The Kier molecular flexibility index (Phi) is 3.94. The number of nitrogen functional groups attached to an aromatic ring is 2. The van der Waals surface area contributed by atoms with E-state index >= 15 is 0 Å². The van der Waals surface area contributed by atoms with Crippen LogP contribution in [-0.2, 0) is 0 Å². The number of aromatic amines is 2. The van der Waals surface area contributed by atoms with E-state index in [0.29, 0.717) is 0 Å². The average molecular weight is 436 g/mol. The molecule has 0 saturated carbocycles. The molecule has 160 valence electrons. The highest BCUT2D eigenvalue weighted by molar-refractivity contribution is 6.02. The van der Waals surface area contributed by atoms with Crippen LogP contribution in [0.3, 0.4) is 0 Å². The summed E-state index contributed by atoms with van der Waals surface area (Å²) in [6.07, 6.45) is 0. The third-order valence-corrected chi connectivity index (χ3v) is 4.61. The van der Waals surface area contributed by atoms with E-state index in [4.69, 9.17) is 11.5 Å². The number of aromatic nitrogens is 10. The number of aromatic hydroxyl groups is 1. The van der Waals surface area contributed by atoms with Crippen molar-refractivity contribution in [2.24, 2.45) is 0 Å². The molecule has 5 rings (SSSR count). The number of nitrogens with one attached hydrogen (secondary N) is 2. The van der Waals surface area contributed by atoms with Gasteiger partial charge in [-0.05, 0) is 12.1 Å². The first kappa shape index (κ1) is 18.9.